The average Bonchev–Trinajstić information content (AvgIpc) is 2.17. The minimum Gasteiger partial charge on any atom is -0.491 e. The number of rotatable bonds is 5. The van der Waals surface area contributed by atoms with Crippen molar-refractivity contribution in [3.05, 3.63) is 30.3 Å². The van der Waals surface area contributed by atoms with E-state index in [4.69, 9.17) is 10.6 Å². The van der Waals surface area contributed by atoms with Gasteiger partial charge in [0.2, 0.25) is 0 Å². The monoisotopic (exact) mass is 219 g/mol. The number of halogens is 1. The van der Waals surface area contributed by atoms with E-state index in [1.807, 2.05) is 30.3 Å². The second-order valence-electron chi connectivity index (χ2n) is 2.61. The molecule has 0 saturated carbocycles. The van der Waals surface area contributed by atoms with Crippen molar-refractivity contribution < 1.29 is 14.7 Å². The molecule has 1 aromatic carbocycles. The van der Waals surface area contributed by atoms with Crippen molar-refractivity contribution in [2.45, 2.75) is 6.10 Å². The summed E-state index contributed by atoms with van der Waals surface area (Å²) < 4.78 is 5.23. The number of hydrogen-bond acceptors (Lipinski definition) is 4. The summed E-state index contributed by atoms with van der Waals surface area (Å²) in [4.78, 5) is 4.26. The van der Waals surface area contributed by atoms with Crippen molar-refractivity contribution in [1.29, 1.82) is 0 Å². The molecule has 0 aliphatic rings. The molecule has 5 heteroatoms. The lowest BCUT2D eigenvalue weighted by atomic mass is 10.3. The number of aliphatic hydroxyl groups excluding tert-OH is 1. The summed E-state index contributed by atoms with van der Waals surface area (Å²) in [5.74, 6) is 5.50. The van der Waals surface area contributed by atoms with E-state index in [9.17, 15) is 5.11 Å². The van der Waals surface area contributed by atoms with Gasteiger partial charge in [0.15, 0.2) is 0 Å². The van der Waals surface area contributed by atoms with E-state index in [1.54, 1.807) is 0 Å². The maximum Gasteiger partial charge on any atom is 0.119 e. The zero-order valence-electron chi connectivity index (χ0n) is 7.63. The van der Waals surface area contributed by atoms with Crippen molar-refractivity contribution in [3.8, 4) is 5.75 Å². The molecule has 80 valence electrons. The van der Waals surface area contributed by atoms with E-state index in [0.29, 0.717) is 0 Å². The Morgan fingerprint density at radius 3 is 2.43 bits per heavy atom. The first-order valence-corrected chi connectivity index (χ1v) is 4.00. The molecule has 0 bridgehead atoms. The van der Waals surface area contributed by atoms with Crippen molar-refractivity contribution in [2.75, 3.05) is 13.2 Å². The highest BCUT2D eigenvalue weighted by Gasteiger charge is 2.03. The fraction of sp³-hybridized carbons (Fsp3) is 0.333. The minimum atomic E-state index is -0.690. The van der Waals surface area contributed by atoms with Gasteiger partial charge in [-0.25, -0.2) is 5.90 Å². The molecule has 1 atom stereocenters. The van der Waals surface area contributed by atoms with Crippen LogP contribution in [0.25, 0.3) is 0 Å². The van der Waals surface area contributed by atoms with Gasteiger partial charge in [-0.05, 0) is 12.1 Å². The van der Waals surface area contributed by atoms with Crippen LogP contribution in [0.15, 0.2) is 30.3 Å². The van der Waals surface area contributed by atoms with Crippen LogP contribution in [0.4, 0.5) is 0 Å². The summed E-state index contributed by atoms with van der Waals surface area (Å²) >= 11 is 0. The van der Waals surface area contributed by atoms with Gasteiger partial charge in [-0.3, -0.25) is 0 Å². The largest absolute Gasteiger partial charge is 0.491 e. The van der Waals surface area contributed by atoms with E-state index in [-0.39, 0.29) is 25.6 Å². The zero-order valence-corrected chi connectivity index (χ0v) is 8.44. The lowest BCUT2D eigenvalue weighted by molar-refractivity contribution is 0.0116. The van der Waals surface area contributed by atoms with E-state index < -0.39 is 6.10 Å². The number of aliphatic hydroxyl groups is 1. The molecule has 0 spiro atoms. The first kappa shape index (κ1) is 13.2. The Morgan fingerprint density at radius 1 is 1.21 bits per heavy atom. The van der Waals surface area contributed by atoms with E-state index in [0.717, 1.165) is 5.75 Å². The Kier molecular flexibility index (Phi) is 7.14. The van der Waals surface area contributed by atoms with Crippen LogP contribution in [0, 0.1) is 0 Å². The molecule has 1 unspecified atom stereocenters. The summed E-state index contributed by atoms with van der Waals surface area (Å²) in [6, 6.07) is 9.25. The van der Waals surface area contributed by atoms with Crippen LogP contribution in [-0.2, 0) is 4.84 Å². The highest BCUT2D eigenvalue weighted by atomic mass is 35.5. The normalized spacial score (nSPS) is 11.6. The predicted molar refractivity (Wildman–Crippen MR) is 55.3 cm³/mol. The number of hydrogen-bond donors (Lipinski definition) is 2. The van der Waals surface area contributed by atoms with Crippen molar-refractivity contribution in [2.24, 2.45) is 5.90 Å². The topological polar surface area (TPSA) is 64.7 Å². The molecule has 0 heterocycles. The molecule has 0 radical (unpaired) electrons. The Labute approximate surface area is 89.0 Å². The van der Waals surface area contributed by atoms with Gasteiger partial charge in [0.05, 0.1) is 6.61 Å². The molecular formula is C9H14ClNO3. The van der Waals surface area contributed by atoms with Gasteiger partial charge in [0, 0.05) is 0 Å². The molecule has 0 aliphatic carbocycles. The quantitative estimate of drug-likeness (QED) is 0.717. The van der Waals surface area contributed by atoms with E-state index >= 15 is 0 Å². The van der Waals surface area contributed by atoms with Crippen LogP contribution >= 0.6 is 12.4 Å². The van der Waals surface area contributed by atoms with Crippen molar-refractivity contribution in [3.63, 3.8) is 0 Å². The zero-order chi connectivity index (χ0) is 9.52. The van der Waals surface area contributed by atoms with Crippen LogP contribution in [0.2, 0.25) is 0 Å². The Bertz CT molecular complexity index is 233. The van der Waals surface area contributed by atoms with Gasteiger partial charge in [-0.15, -0.1) is 12.4 Å². The fourth-order valence-electron chi connectivity index (χ4n) is 0.868. The summed E-state index contributed by atoms with van der Waals surface area (Å²) in [6.45, 7) is 0.258. The van der Waals surface area contributed by atoms with Gasteiger partial charge in [-0.2, -0.15) is 0 Å². The van der Waals surface area contributed by atoms with Crippen LogP contribution in [-0.4, -0.2) is 24.4 Å². The Hall–Kier alpha value is -0.810. The standard InChI is InChI=1S/C9H13NO3.ClH/c10-13-7-8(11)6-12-9-4-2-1-3-5-9;/h1-5,8,11H,6-7,10H2;1H. The molecule has 0 fully saturated rings. The van der Waals surface area contributed by atoms with E-state index in [2.05, 4.69) is 4.84 Å². The Morgan fingerprint density at radius 2 is 1.86 bits per heavy atom. The molecule has 0 aliphatic heterocycles. The molecular weight excluding hydrogens is 206 g/mol. The molecule has 0 amide bonds. The molecule has 14 heavy (non-hydrogen) atoms. The number of nitrogens with two attached hydrogens (primary N) is 1. The molecule has 1 rings (SSSR count). The maximum absolute atomic E-state index is 9.18. The highest BCUT2D eigenvalue weighted by Crippen LogP contribution is 2.08. The second-order valence-corrected chi connectivity index (χ2v) is 2.61. The third-order valence-corrected chi connectivity index (χ3v) is 1.47. The molecule has 3 N–H and O–H groups in total. The minimum absolute atomic E-state index is 0. The molecule has 0 aromatic heterocycles. The maximum atomic E-state index is 9.18. The molecule has 1 aromatic rings. The lowest BCUT2D eigenvalue weighted by Crippen LogP contribution is -2.24. The van der Waals surface area contributed by atoms with Gasteiger partial charge in [0.25, 0.3) is 0 Å². The number of benzene rings is 1. The van der Waals surface area contributed by atoms with Gasteiger partial charge in [0.1, 0.15) is 18.5 Å². The van der Waals surface area contributed by atoms with Gasteiger partial charge in [-0.1, -0.05) is 18.2 Å². The third-order valence-electron chi connectivity index (χ3n) is 1.47. The van der Waals surface area contributed by atoms with Crippen molar-refractivity contribution in [1.82, 2.24) is 0 Å². The average molecular weight is 220 g/mol. The van der Waals surface area contributed by atoms with Gasteiger partial charge < -0.3 is 14.7 Å². The summed E-state index contributed by atoms with van der Waals surface area (Å²) in [5.41, 5.74) is 0. The lowest BCUT2D eigenvalue weighted by Gasteiger charge is -2.10. The van der Waals surface area contributed by atoms with E-state index in [1.165, 1.54) is 0 Å². The van der Waals surface area contributed by atoms with Crippen LogP contribution in [0.3, 0.4) is 0 Å². The molecule has 4 nitrogen and oxygen atoms in total. The van der Waals surface area contributed by atoms with Crippen molar-refractivity contribution >= 4 is 12.4 Å². The predicted octanol–water partition coefficient (Wildman–Crippen LogP) is 0.738. The first-order chi connectivity index (χ1) is 6.33. The summed E-state index contributed by atoms with van der Waals surface area (Å²) in [7, 11) is 0. The highest BCUT2D eigenvalue weighted by molar-refractivity contribution is 5.85. The van der Waals surface area contributed by atoms with Crippen LogP contribution < -0.4 is 10.6 Å². The summed E-state index contributed by atoms with van der Waals surface area (Å²) in [6.07, 6.45) is -0.690. The van der Waals surface area contributed by atoms with Gasteiger partial charge >= 0.3 is 0 Å². The fourth-order valence-corrected chi connectivity index (χ4v) is 0.868. The summed E-state index contributed by atoms with van der Waals surface area (Å²) in [5, 5.41) is 9.18. The van der Waals surface area contributed by atoms with Crippen LogP contribution in [0.5, 0.6) is 5.75 Å². The third kappa shape index (κ3) is 5.04. The SMILES string of the molecule is Cl.NOCC(O)COc1ccccc1. The smallest absolute Gasteiger partial charge is 0.119 e. The number of para-hydroxylation sites is 1. The second kappa shape index (κ2) is 7.58. The van der Waals surface area contributed by atoms with Crippen LogP contribution in [0.1, 0.15) is 0 Å². The number of ether oxygens (including phenoxy) is 1. The first-order valence-electron chi connectivity index (χ1n) is 4.00. The molecule has 0 saturated heterocycles. The Balaban J connectivity index is 0.00000169.